The Kier molecular flexibility index (Phi) is 9.76. The van der Waals surface area contributed by atoms with Crippen molar-refractivity contribution in [1.82, 2.24) is 20.1 Å². The van der Waals surface area contributed by atoms with Gasteiger partial charge >= 0.3 is 0 Å². The number of likely N-dealkylation sites (N-methyl/N-ethyl adjacent to an activating group) is 1. The third-order valence-corrected chi connectivity index (χ3v) is 9.20. The number of pyridine rings is 1. The first-order valence-electron chi connectivity index (χ1n) is 15.5. The van der Waals surface area contributed by atoms with Crippen LogP contribution in [0, 0.1) is 5.82 Å². The number of carbonyl (C=O) groups is 1. The molecule has 1 aliphatic carbocycles. The molecule has 0 unspecified atom stereocenters. The van der Waals surface area contributed by atoms with E-state index in [4.69, 9.17) is 22.1 Å². The van der Waals surface area contributed by atoms with E-state index in [0.29, 0.717) is 17.7 Å². The van der Waals surface area contributed by atoms with Crippen LogP contribution in [0.3, 0.4) is 0 Å². The lowest BCUT2D eigenvalue weighted by atomic mass is 10.0. The monoisotopic (exact) mass is 627 g/mol. The minimum absolute atomic E-state index is 0.0326. The molecule has 234 valence electrons. The van der Waals surface area contributed by atoms with Crippen LogP contribution in [0.2, 0.25) is 5.02 Å². The first-order valence-corrected chi connectivity index (χ1v) is 15.9. The Bertz CT molecular complexity index is 1620. The third-order valence-electron chi connectivity index (χ3n) is 8.89. The first-order chi connectivity index (χ1) is 21.8. The van der Waals surface area contributed by atoms with Crippen LogP contribution in [0.5, 0.6) is 0 Å². The average molecular weight is 628 g/mol. The fourth-order valence-electron chi connectivity index (χ4n) is 6.09. The number of anilines is 1. The Labute approximate surface area is 269 Å². The maximum Gasteiger partial charge on any atom is 0.255 e. The Morgan fingerprint density at radius 1 is 0.933 bits per heavy atom. The van der Waals surface area contributed by atoms with E-state index in [1.54, 1.807) is 12.1 Å². The van der Waals surface area contributed by atoms with E-state index >= 15 is 0 Å². The highest BCUT2D eigenvalue weighted by atomic mass is 35.5. The molecule has 2 aliphatic rings. The largest absolute Gasteiger partial charge is 0.383 e. The number of nitrogens with two attached hydrogens (primary N) is 1. The molecule has 1 amide bonds. The van der Waals surface area contributed by atoms with Gasteiger partial charge in [0.25, 0.3) is 5.91 Å². The number of rotatable bonds is 9. The molecule has 4 aromatic rings. The molecule has 3 N–H and O–H groups in total. The molecular formula is C36H39ClFN5O2. The molecule has 2 heterocycles. The van der Waals surface area contributed by atoms with Gasteiger partial charge in [0.05, 0.1) is 29.3 Å². The van der Waals surface area contributed by atoms with Gasteiger partial charge in [-0.25, -0.2) is 9.37 Å². The second kappa shape index (κ2) is 14.1. The van der Waals surface area contributed by atoms with Crippen molar-refractivity contribution in [3.8, 4) is 22.3 Å². The number of nitrogens with zero attached hydrogens (tertiary/aromatic N) is 3. The van der Waals surface area contributed by atoms with Crippen LogP contribution in [-0.2, 0) is 17.9 Å². The summed E-state index contributed by atoms with van der Waals surface area (Å²) >= 11 is 5.83. The van der Waals surface area contributed by atoms with Crippen LogP contribution in [0.25, 0.3) is 22.3 Å². The first kappa shape index (κ1) is 31.2. The molecule has 45 heavy (non-hydrogen) atoms. The van der Waals surface area contributed by atoms with Crippen molar-refractivity contribution < 1.29 is 13.9 Å². The number of piperazine rings is 1. The summed E-state index contributed by atoms with van der Waals surface area (Å²) in [5.74, 6) is -0.745. The molecule has 0 radical (unpaired) electrons. The van der Waals surface area contributed by atoms with E-state index in [-0.39, 0.29) is 34.5 Å². The molecule has 2 atom stereocenters. The fourth-order valence-corrected chi connectivity index (χ4v) is 6.21. The molecule has 1 aromatic heterocycles. The predicted octanol–water partition coefficient (Wildman–Crippen LogP) is 6.41. The summed E-state index contributed by atoms with van der Waals surface area (Å²) in [4.78, 5) is 22.3. The minimum atomic E-state index is -0.539. The summed E-state index contributed by atoms with van der Waals surface area (Å²) in [6.07, 6.45) is 4.05. The number of hydrogen-bond donors (Lipinski definition) is 2. The molecule has 1 aliphatic heterocycles. The molecule has 6 rings (SSSR count). The van der Waals surface area contributed by atoms with Crippen molar-refractivity contribution >= 4 is 23.3 Å². The summed E-state index contributed by atoms with van der Waals surface area (Å²) in [6, 6.07) is 23.3. The number of ether oxygens (including phenoxy) is 1. The number of nitrogen functional groups attached to an aromatic ring is 1. The number of aromatic nitrogens is 1. The van der Waals surface area contributed by atoms with Crippen LogP contribution in [0.1, 0.15) is 40.7 Å². The van der Waals surface area contributed by atoms with Crippen LogP contribution in [0.4, 0.5) is 10.2 Å². The van der Waals surface area contributed by atoms with Crippen molar-refractivity contribution in [2.45, 2.75) is 44.6 Å². The Hall–Kier alpha value is -3.82. The lowest BCUT2D eigenvalue weighted by Crippen LogP contribution is -2.43. The van der Waals surface area contributed by atoms with E-state index in [0.717, 1.165) is 57.5 Å². The zero-order valence-corrected chi connectivity index (χ0v) is 26.3. The van der Waals surface area contributed by atoms with Crippen molar-refractivity contribution in [2.75, 3.05) is 39.0 Å². The van der Waals surface area contributed by atoms with E-state index in [1.807, 2.05) is 0 Å². The van der Waals surface area contributed by atoms with Gasteiger partial charge in [0.1, 0.15) is 11.6 Å². The Balaban J connectivity index is 1.03. The van der Waals surface area contributed by atoms with Gasteiger partial charge in [-0.05, 0) is 72.3 Å². The van der Waals surface area contributed by atoms with Gasteiger partial charge in [-0.3, -0.25) is 9.69 Å². The molecule has 7 nitrogen and oxygen atoms in total. The summed E-state index contributed by atoms with van der Waals surface area (Å²) in [5.41, 5.74) is 12.2. The van der Waals surface area contributed by atoms with Gasteiger partial charge in [-0.15, -0.1) is 0 Å². The van der Waals surface area contributed by atoms with Crippen LogP contribution in [0.15, 0.2) is 79.0 Å². The van der Waals surface area contributed by atoms with Crippen LogP contribution in [-0.4, -0.2) is 66.1 Å². The normalized spacial score (nSPS) is 19.1. The second-order valence-corrected chi connectivity index (χ2v) is 12.5. The fraction of sp³-hybridized carbons (Fsp3) is 0.333. The minimum Gasteiger partial charge on any atom is -0.383 e. The highest BCUT2D eigenvalue weighted by molar-refractivity contribution is 6.30. The van der Waals surface area contributed by atoms with E-state index in [9.17, 15) is 9.18 Å². The van der Waals surface area contributed by atoms with E-state index < -0.39 is 5.82 Å². The van der Waals surface area contributed by atoms with Gasteiger partial charge in [0.2, 0.25) is 0 Å². The van der Waals surface area contributed by atoms with Crippen molar-refractivity contribution in [1.29, 1.82) is 0 Å². The molecular weight excluding hydrogens is 589 g/mol. The number of halogens is 2. The number of amides is 1. The predicted molar refractivity (Wildman–Crippen MR) is 177 cm³/mol. The number of benzene rings is 3. The molecule has 9 heteroatoms. The Morgan fingerprint density at radius 2 is 1.60 bits per heavy atom. The average Bonchev–Trinajstić information content (AvgIpc) is 3.50. The standard InChI is InChI=1S/C36H39ClFN5O2/c1-42-15-17-43(18-16-42)22-24-5-9-26(10-6-24)27-11-7-25(8-12-27)23-45-34-4-2-3-33(34)41-36(44)30-19-29(21-40-35(30)39)28-13-14-31(37)32(38)20-28/h5-14,19-21,33-34H,2-4,15-18,22-23H2,1H3,(H2,39,40)(H,41,44)/t33-,34-/m0/s1. The lowest BCUT2D eigenvalue weighted by molar-refractivity contribution is 0.0272. The number of carbonyl (C=O) groups excluding carboxylic acids is 1. The number of nitrogens with one attached hydrogen (secondary N) is 1. The number of hydrogen-bond acceptors (Lipinski definition) is 6. The summed E-state index contributed by atoms with van der Waals surface area (Å²) in [5, 5.41) is 3.13. The zero-order valence-electron chi connectivity index (χ0n) is 25.5. The summed E-state index contributed by atoms with van der Waals surface area (Å²) in [7, 11) is 2.18. The van der Waals surface area contributed by atoms with Gasteiger partial charge in [0, 0.05) is 44.5 Å². The summed E-state index contributed by atoms with van der Waals surface area (Å²) in [6.45, 7) is 5.94. The smallest absolute Gasteiger partial charge is 0.255 e. The zero-order chi connectivity index (χ0) is 31.3. The van der Waals surface area contributed by atoms with Crippen molar-refractivity contribution in [3.63, 3.8) is 0 Å². The van der Waals surface area contributed by atoms with Crippen molar-refractivity contribution in [2.24, 2.45) is 0 Å². The molecule has 3 aromatic carbocycles. The molecule has 0 spiro atoms. The van der Waals surface area contributed by atoms with Gasteiger partial charge in [-0.2, -0.15) is 0 Å². The quantitative estimate of drug-likeness (QED) is 0.223. The van der Waals surface area contributed by atoms with Crippen LogP contribution < -0.4 is 11.1 Å². The Morgan fingerprint density at radius 3 is 2.29 bits per heavy atom. The molecule has 0 bridgehead atoms. The maximum atomic E-state index is 14.0. The second-order valence-electron chi connectivity index (χ2n) is 12.1. The van der Waals surface area contributed by atoms with Gasteiger partial charge in [-0.1, -0.05) is 66.2 Å². The SMILES string of the molecule is CN1CCN(Cc2ccc(-c3ccc(CO[C@H]4CCC[C@@H]4NC(=O)c4cc(-c5ccc(Cl)c(F)c5)cnc4N)cc3)cc2)CC1. The van der Waals surface area contributed by atoms with E-state index in [1.165, 1.54) is 35.0 Å². The van der Waals surface area contributed by atoms with Crippen molar-refractivity contribution in [3.05, 3.63) is 107 Å². The van der Waals surface area contributed by atoms with E-state index in [2.05, 4.69) is 75.7 Å². The summed E-state index contributed by atoms with van der Waals surface area (Å²) < 4.78 is 20.3. The highest BCUT2D eigenvalue weighted by Crippen LogP contribution is 2.28. The van der Waals surface area contributed by atoms with Gasteiger partial charge in [0.15, 0.2) is 0 Å². The van der Waals surface area contributed by atoms with Crippen LogP contribution >= 0.6 is 11.6 Å². The lowest BCUT2D eigenvalue weighted by Gasteiger charge is -2.32. The molecule has 1 saturated carbocycles. The third kappa shape index (κ3) is 7.71. The maximum absolute atomic E-state index is 14.0. The van der Waals surface area contributed by atoms with Gasteiger partial charge < -0.3 is 20.7 Å². The topological polar surface area (TPSA) is 83.7 Å². The highest BCUT2D eigenvalue weighted by Gasteiger charge is 2.30. The molecule has 1 saturated heterocycles. The molecule has 2 fully saturated rings.